The number of aromatic nitrogens is 2. The Morgan fingerprint density at radius 3 is 2.33 bits per heavy atom. The number of hydrogen-bond acceptors (Lipinski definition) is 6. The maximum Gasteiger partial charge on any atom is 0.229 e. The van der Waals surface area contributed by atoms with E-state index >= 15 is 0 Å². The van der Waals surface area contributed by atoms with Gasteiger partial charge in [0.15, 0.2) is 5.11 Å². The van der Waals surface area contributed by atoms with Crippen LogP contribution in [0.3, 0.4) is 0 Å². The lowest BCUT2D eigenvalue weighted by Crippen LogP contribution is -2.29. The van der Waals surface area contributed by atoms with Crippen molar-refractivity contribution in [2.45, 2.75) is 39.8 Å². The van der Waals surface area contributed by atoms with Gasteiger partial charge in [0.2, 0.25) is 10.0 Å². The SMILES string of the molecule is CCN(CC)c1ccc(-n2c(C)cc([C@@H]3[C@H](c4ccccn4)NC(=S)N3c3ccc(NS(C)(=O)=O)c(OC)c3)c2C)cc1. The molecule has 9 nitrogen and oxygen atoms in total. The van der Waals surface area contributed by atoms with Gasteiger partial charge in [-0.1, -0.05) is 6.07 Å². The summed E-state index contributed by atoms with van der Waals surface area (Å²) in [7, 11) is -1.98. The molecule has 0 amide bonds. The smallest absolute Gasteiger partial charge is 0.229 e. The summed E-state index contributed by atoms with van der Waals surface area (Å²) in [5.41, 5.74) is 7.58. The maximum absolute atomic E-state index is 12.0. The highest BCUT2D eigenvalue weighted by Crippen LogP contribution is 2.45. The molecule has 226 valence electrons. The molecule has 43 heavy (non-hydrogen) atoms. The van der Waals surface area contributed by atoms with Crippen molar-refractivity contribution in [3.8, 4) is 11.4 Å². The highest BCUT2D eigenvalue weighted by Gasteiger charge is 2.42. The quantitative estimate of drug-likeness (QED) is 0.213. The van der Waals surface area contributed by atoms with Gasteiger partial charge in [-0.05, 0) is 100 Å². The van der Waals surface area contributed by atoms with Crippen LogP contribution in [0.15, 0.2) is 72.9 Å². The lowest BCUT2D eigenvalue weighted by molar-refractivity contribution is 0.417. The van der Waals surface area contributed by atoms with Crippen LogP contribution in [0.4, 0.5) is 17.1 Å². The zero-order chi connectivity index (χ0) is 30.9. The first kappa shape index (κ1) is 30.4. The van der Waals surface area contributed by atoms with Crippen LogP contribution in [-0.4, -0.2) is 49.5 Å². The molecule has 2 atom stereocenters. The predicted molar refractivity (Wildman–Crippen MR) is 178 cm³/mol. The number of nitrogens with zero attached hydrogens (tertiary/aromatic N) is 4. The summed E-state index contributed by atoms with van der Waals surface area (Å²) in [6, 6.07) is 21.7. The first-order valence-electron chi connectivity index (χ1n) is 14.3. The normalized spacial score (nSPS) is 16.7. The summed E-state index contributed by atoms with van der Waals surface area (Å²) in [5, 5.41) is 4.06. The number of rotatable bonds is 10. The number of hydrogen-bond donors (Lipinski definition) is 2. The summed E-state index contributed by atoms with van der Waals surface area (Å²) >= 11 is 5.94. The monoisotopic (exact) mass is 618 g/mol. The van der Waals surface area contributed by atoms with Gasteiger partial charge in [0, 0.05) is 53.8 Å². The minimum Gasteiger partial charge on any atom is -0.494 e. The lowest BCUT2D eigenvalue weighted by atomic mass is 9.96. The molecule has 11 heteroatoms. The van der Waals surface area contributed by atoms with Gasteiger partial charge in [-0.2, -0.15) is 0 Å². The van der Waals surface area contributed by atoms with Gasteiger partial charge in [0.05, 0.1) is 36.8 Å². The average molecular weight is 619 g/mol. The molecule has 0 saturated carbocycles. The average Bonchev–Trinajstić information content (AvgIpc) is 3.48. The standard InChI is InChI=1S/C32H38N6O3S2/c1-7-36(8-2)23-12-14-24(15-13-23)37-21(3)19-26(22(37)4)31-30(28-11-9-10-18-33-28)34-32(42)38(31)25-16-17-27(29(20-25)41-5)35-43(6,39)40/h9-20,30-31,35H,7-8H2,1-6H3,(H,34,42)/t30-,31+/m0/s1. The van der Waals surface area contributed by atoms with E-state index in [-0.39, 0.29) is 12.1 Å². The van der Waals surface area contributed by atoms with Gasteiger partial charge in [-0.3, -0.25) is 9.71 Å². The highest BCUT2D eigenvalue weighted by molar-refractivity contribution is 7.92. The van der Waals surface area contributed by atoms with E-state index in [1.165, 1.54) is 12.8 Å². The number of methoxy groups -OCH3 is 1. The number of nitrogens with one attached hydrogen (secondary N) is 2. The van der Waals surface area contributed by atoms with E-state index in [1.54, 1.807) is 18.3 Å². The van der Waals surface area contributed by atoms with Crippen LogP contribution in [0.1, 0.15) is 48.6 Å². The molecule has 0 bridgehead atoms. The first-order valence-corrected chi connectivity index (χ1v) is 16.6. The third-order valence-corrected chi connectivity index (χ3v) is 8.79. The molecule has 1 aliphatic heterocycles. The fourth-order valence-corrected chi connectivity index (χ4v) is 6.86. The van der Waals surface area contributed by atoms with Gasteiger partial charge in [0.1, 0.15) is 5.75 Å². The molecule has 0 aliphatic carbocycles. The van der Waals surface area contributed by atoms with E-state index in [0.29, 0.717) is 16.5 Å². The molecular weight excluding hydrogens is 581 g/mol. The van der Waals surface area contributed by atoms with Crippen LogP contribution in [0.25, 0.3) is 5.69 Å². The van der Waals surface area contributed by atoms with Crippen LogP contribution < -0.4 is 24.6 Å². The molecule has 0 radical (unpaired) electrons. The molecule has 0 unspecified atom stereocenters. The van der Waals surface area contributed by atoms with Crippen molar-refractivity contribution in [2.75, 3.05) is 41.0 Å². The predicted octanol–water partition coefficient (Wildman–Crippen LogP) is 5.89. The molecule has 2 aromatic heterocycles. The third kappa shape index (κ3) is 6.05. The van der Waals surface area contributed by atoms with E-state index in [0.717, 1.165) is 53.4 Å². The van der Waals surface area contributed by atoms with Crippen LogP contribution in [0.5, 0.6) is 5.75 Å². The van der Waals surface area contributed by atoms with Crippen molar-refractivity contribution in [3.63, 3.8) is 0 Å². The summed E-state index contributed by atoms with van der Waals surface area (Å²) in [6.45, 7) is 10.5. The largest absolute Gasteiger partial charge is 0.494 e. The minimum atomic E-state index is -3.49. The topological polar surface area (TPSA) is 91.7 Å². The molecule has 1 saturated heterocycles. The number of sulfonamides is 1. The molecule has 2 aromatic carbocycles. The third-order valence-electron chi connectivity index (χ3n) is 7.88. The van der Waals surface area contributed by atoms with E-state index in [9.17, 15) is 8.42 Å². The Kier molecular flexibility index (Phi) is 8.66. The van der Waals surface area contributed by atoms with Crippen LogP contribution in [0.2, 0.25) is 0 Å². The van der Waals surface area contributed by atoms with E-state index < -0.39 is 10.0 Å². The number of anilines is 3. The Labute approximate surface area is 259 Å². The molecule has 3 heterocycles. The lowest BCUT2D eigenvalue weighted by Gasteiger charge is -2.29. The van der Waals surface area contributed by atoms with E-state index in [2.05, 4.69) is 87.4 Å². The molecule has 5 rings (SSSR count). The van der Waals surface area contributed by atoms with Gasteiger partial charge in [0.25, 0.3) is 0 Å². The Morgan fingerprint density at radius 2 is 1.72 bits per heavy atom. The number of aryl methyl sites for hydroxylation is 1. The Bertz CT molecular complexity index is 1720. The van der Waals surface area contributed by atoms with Gasteiger partial charge in [-0.15, -0.1) is 0 Å². The summed E-state index contributed by atoms with van der Waals surface area (Å²) in [6.07, 6.45) is 2.90. The zero-order valence-corrected chi connectivity index (χ0v) is 27.0. The number of thiocarbonyl (C=S) groups is 1. The highest BCUT2D eigenvalue weighted by atomic mass is 32.2. The second-order valence-corrected chi connectivity index (χ2v) is 12.7. The fourth-order valence-electron chi connectivity index (χ4n) is 5.95. The molecule has 4 aromatic rings. The number of benzene rings is 2. The Balaban J connectivity index is 1.62. The van der Waals surface area contributed by atoms with Crippen LogP contribution in [-0.2, 0) is 10.0 Å². The molecule has 2 N–H and O–H groups in total. The van der Waals surface area contributed by atoms with E-state index in [4.69, 9.17) is 17.0 Å². The van der Waals surface area contributed by atoms with Crippen molar-refractivity contribution < 1.29 is 13.2 Å². The number of ether oxygens (including phenoxy) is 1. The Hall–Kier alpha value is -4.09. The second-order valence-electron chi connectivity index (χ2n) is 10.6. The Morgan fingerprint density at radius 1 is 1.02 bits per heavy atom. The van der Waals surface area contributed by atoms with Crippen molar-refractivity contribution in [1.29, 1.82) is 0 Å². The van der Waals surface area contributed by atoms with E-state index in [1.807, 2.05) is 24.3 Å². The van der Waals surface area contributed by atoms with Crippen molar-refractivity contribution in [3.05, 3.63) is 95.6 Å². The van der Waals surface area contributed by atoms with Crippen molar-refractivity contribution >= 4 is 44.4 Å². The second kappa shape index (κ2) is 12.3. The molecule has 1 aliphatic rings. The van der Waals surface area contributed by atoms with Gasteiger partial charge >= 0.3 is 0 Å². The molecular formula is C32H38N6O3S2. The van der Waals surface area contributed by atoms with Crippen molar-refractivity contribution in [1.82, 2.24) is 14.9 Å². The fraction of sp³-hybridized carbons (Fsp3) is 0.312. The van der Waals surface area contributed by atoms with Gasteiger partial charge < -0.3 is 24.4 Å². The summed E-state index contributed by atoms with van der Waals surface area (Å²) in [4.78, 5) is 9.08. The summed E-state index contributed by atoms with van der Waals surface area (Å²) < 4.78 is 34.3. The van der Waals surface area contributed by atoms with Gasteiger partial charge in [-0.25, -0.2) is 8.42 Å². The van der Waals surface area contributed by atoms with Crippen LogP contribution in [0, 0.1) is 13.8 Å². The summed E-state index contributed by atoms with van der Waals surface area (Å²) in [5.74, 6) is 0.393. The first-order chi connectivity index (χ1) is 20.6. The molecule has 1 fully saturated rings. The van der Waals surface area contributed by atoms with Crippen molar-refractivity contribution in [2.24, 2.45) is 0 Å². The minimum absolute atomic E-state index is 0.229. The maximum atomic E-state index is 12.0. The molecule has 0 spiro atoms. The van der Waals surface area contributed by atoms with Crippen LogP contribution >= 0.6 is 12.2 Å². The zero-order valence-electron chi connectivity index (χ0n) is 25.3. The number of pyridine rings is 1.